The van der Waals surface area contributed by atoms with Gasteiger partial charge in [0.1, 0.15) is 5.82 Å². The highest BCUT2D eigenvalue weighted by Gasteiger charge is 2.81. The molecule has 1 heterocycles. The van der Waals surface area contributed by atoms with Crippen LogP contribution in [0.2, 0.25) is 0 Å². The molecule has 1 aromatic heterocycles. The van der Waals surface area contributed by atoms with Crippen molar-refractivity contribution in [1.82, 2.24) is 15.0 Å². The molecule has 3 rings (SSSR count). The van der Waals surface area contributed by atoms with Crippen molar-refractivity contribution in [3.63, 3.8) is 0 Å². The molecule has 0 atom stereocenters. The molecule has 0 radical (unpaired) electrons. The van der Waals surface area contributed by atoms with Crippen LogP contribution >= 0.6 is 0 Å². The number of nitrogens with zero attached hydrogens (tertiary/aromatic N) is 3. The minimum Gasteiger partial charge on any atom is -0.324 e. The van der Waals surface area contributed by atoms with Crippen LogP contribution in [0.4, 0.5) is 62.8 Å². The molecule has 0 unspecified atom stereocenters. The van der Waals surface area contributed by atoms with E-state index >= 15 is 0 Å². The molecule has 0 saturated carbocycles. The zero-order chi connectivity index (χ0) is 26.6. The number of aromatic nitrogens is 3. The Morgan fingerprint density at radius 2 is 1.03 bits per heavy atom. The van der Waals surface area contributed by atoms with Gasteiger partial charge in [-0.3, -0.25) is 0 Å². The number of para-hydroxylation sites is 2. The van der Waals surface area contributed by atoms with E-state index in [1.807, 2.05) is 0 Å². The molecule has 0 fully saturated rings. The van der Waals surface area contributed by atoms with E-state index in [9.17, 15) is 39.5 Å². The highest BCUT2D eigenvalue weighted by Crippen LogP contribution is 2.54. The van der Waals surface area contributed by atoms with Crippen molar-refractivity contribution in [2.24, 2.45) is 0 Å². The van der Waals surface area contributed by atoms with Gasteiger partial charge in [-0.05, 0) is 30.7 Å². The van der Waals surface area contributed by atoms with Crippen molar-refractivity contribution < 1.29 is 39.5 Å². The first-order chi connectivity index (χ1) is 16.7. The number of anilines is 4. The van der Waals surface area contributed by atoms with Crippen LogP contribution in [0.3, 0.4) is 0 Å². The first-order valence-corrected chi connectivity index (χ1v) is 10.3. The summed E-state index contributed by atoms with van der Waals surface area (Å²) >= 11 is 0. The molecule has 36 heavy (non-hydrogen) atoms. The highest BCUT2D eigenvalue weighted by atomic mass is 19.4. The summed E-state index contributed by atoms with van der Waals surface area (Å²) in [4.78, 5) is 12.2. The van der Waals surface area contributed by atoms with Gasteiger partial charge in [0.15, 0.2) is 0 Å². The average Bonchev–Trinajstić information content (AvgIpc) is 2.79. The van der Waals surface area contributed by atoms with Crippen molar-refractivity contribution in [3.05, 3.63) is 66.5 Å². The minimum atomic E-state index is -6.92. The number of rotatable bonds is 10. The van der Waals surface area contributed by atoms with Gasteiger partial charge in [-0.2, -0.15) is 54.5 Å². The lowest BCUT2D eigenvalue weighted by molar-refractivity contribution is -0.396. The van der Waals surface area contributed by atoms with E-state index in [-0.39, 0.29) is 17.7 Å². The van der Waals surface area contributed by atoms with Crippen molar-refractivity contribution in [1.29, 1.82) is 0 Å². The van der Waals surface area contributed by atoms with E-state index in [1.54, 1.807) is 60.7 Å². The smallest absolute Gasteiger partial charge is 0.324 e. The summed E-state index contributed by atoms with van der Waals surface area (Å²) in [6.07, 6.45) is -10.3. The third-order valence-corrected chi connectivity index (χ3v) is 4.84. The van der Waals surface area contributed by atoms with Crippen molar-refractivity contribution in [2.75, 3.05) is 10.6 Å². The van der Waals surface area contributed by atoms with E-state index in [2.05, 4.69) is 25.6 Å². The highest BCUT2D eigenvalue weighted by molar-refractivity contribution is 5.57. The lowest BCUT2D eigenvalue weighted by atomic mass is 9.99. The third-order valence-electron chi connectivity index (χ3n) is 4.84. The predicted octanol–water partition coefficient (Wildman–Crippen LogP) is 7.15. The van der Waals surface area contributed by atoms with E-state index in [0.29, 0.717) is 11.4 Å². The van der Waals surface area contributed by atoms with Crippen LogP contribution in [0.25, 0.3) is 0 Å². The van der Waals surface area contributed by atoms with Crippen LogP contribution in [-0.4, -0.2) is 38.9 Å². The first-order valence-electron chi connectivity index (χ1n) is 10.3. The average molecular weight is 523 g/mol. The normalized spacial score (nSPS) is 12.9. The molecule has 14 heteroatoms. The Bertz CT molecular complexity index is 1080. The second-order valence-electron chi connectivity index (χ2n) is 7.59. The van der Waals surface area contributed by atoms with E-state index in [1.165, 1.54) is 0 Å². The Morgan fingerprint density at radius 3 is 1.44 bits per heavy atom. The molecule has 0 bridgehead atoms. The maximum absolute atomic E-state index is 13.9. The molecule has 0 aliphatic carbocycles. The van der Waals surface area contributed by atoms with Crippen LogP contribution in [0, 0.1) is 0 Å². The van der Waals surface area contributed by atoms with Gasteiger partial charge in [-0.15, -0.1) is 0 Å². The lowest BCUT2D eigenvalue weighted by Gasteiger charge is -2.33. The standard InChI is InChI=1S/C22H18F9N5/c23-19(24,20(25,26)21(27,28)22(29,30)31)13-7-12-16-34-17(32-14-8-3-1-4-9-14)36-18(35-16)33-15-10-5-2-6-11-15/h1-6,8-11H,7,12-13H2,(H2,32,33,34,35,36). The molecule has 0 aliphatic rings. The van der Waals surface area contributed by atoms with Crippen molar-refractivity contribution in [3.8, 4) is 0 Å². The quantitative estimate of drug-likeness (QED) is 0.277. The van der Waals surface area contributed by atoms with Gasteiger partial charge in [0.05, 0.1) is 0 Å². The molecule has 5 nitrogen and oxygen atoms in total. The monoisotopic (exact) mass is 523 g/mol. The van der Waals surface area contributed by atoms with Gasteiger partial charge < -0.3 is 10.6 Å². The number of aryl methyl sites for hydroxylation is 1. The fourth-order valence-corrected chi connectivity index (χ4v) is 2.98. The predicted molar refractivity (Wildman–Crippen MR) is 113 cm³/mol. The summed E-state index contributed by atoms with van der Waals surface area (Å²) in [6.45, 7) is 0. The Balaban J connectivity index is 1.79. The molecule has 0 aliphatic heterocycles. The molecule has 2 N–H and O–H groups in total. The second kappa shape index (κ2) is 10.2. The summed E-state index contributed by atoms with van der Waals surface area (Å²) in [5.74, 6) is -19.5. The molecule has 0 amide bonds. The fourth-order valence-electron chi connectivity index (χ4n) is 2.98. The van der Waals surface area contributed by atoms with Crippen molar-refractivity contribution in [2.45, 2.75) is 43.2 Å². The van der Waals surface area contributed by atoms with Gasteiger partial charge >= 0.3 is 23.9 Å². The summed E-state index contributed by atoms with van der Waals surface area (Å²) in [5.41, 5.74) is 1.08. The summed E-state index contributed by atoms with van der Waals surface area (Å²) < 4.78 is 118. The number of nitrogens with one attached hydrogen (secondary N) is 2. The molecular weight excluding hydrogens is 505 g/mol. The lowest BCUT2D eigenvalue weighted by Crippen LogP contribution is -2.60. The zero-order valence-corrected chi connectivity index (χ0v) is 18.1. The third kappa shape index (κ3) is 5.97. The Labute approximate surface area is 198 Å². The van der Waals surface area contributed by atoms with Crippen molar-refractivity contribution >= 4 is 23.3 Å². The topological polar surface area (TPSA) is 62.7 Å². The summed E-state index contributed by atoms with van der Waals surface area (Å²) in [5, 5.41) is 5.69. The number of hydrogen-bond donors (Lipinski definition) is 2. The zero-order valence-electron chi connectivity index (χ0n) is 18.1. The number of alkyl halides is 9. The molecule has 0 saturated heterocycles. The maximum Gasteiger partial charge on any atom is 0.460 e. The van der Waals surface area contributed by atoms with Gasteiger partial charge in [-0.1, -0.05) is 36.4 Å². The van der Waals surface area contributed by atoms with Crippen LogP contribution in [0.1, 0.15) is 18.7 Å². The van der Waals surface area contributed by atoms with Gasteiger partial charge in [0, 0.05) is 24.2 Å². The van der Waals surface area contributed by atoms with Crippen LogP contribution in [-0.2, 0) is 6.42 Å². The van der Waals surface area contributed by atoms with Gasteiger partial charge in [-0.25, -0.2) is 0 Å². The van der Waals surface area contributed by atoms with E-state index < -0.39 is 43.2 Å². The SMILES string of the molecule is FC(F)(F)C(F)(F)C(F)(F)C(F)(F)CCCc1nc(Nc2ccccc2)nc(Nc2ccccc2)n1. The van der Waals surface area contributed by atoms with Crippen LogP contribution < -0.4 is 10.6 Å². The van der Waals surface area contributed by atoms with E-state index in [0.717, 1.165) is 0 Å². The fraction of sp³-hybridized carbons (Fsp3) is 0.318. The first kappa shape index (κ1) is 27.0. The Hall–Kier alpha value is -3.58. The molecule has 0 spiro atoms. The number of halogens is 9. The maximum atomic E-state index is 13.9. The summed E-state index contributed by atoms with van der Waals surface area (Å²) in [7, 11) is 0. The molecule has 194 valence electrons. The van der Waals surface area contributed by atoms with Gasteiger partial charge in [0.25, 0.3) is 0 Å². The molecule has 2 aromatic carbocycles. The molecular formula is C22H18F9N5. The Morgan fingerprint density at radius 1 is 0.583 bits per heavy atom. The van der Waals surface area contributed by atoms with Crippen LogP contribution in [0.5, 0.6) is 0 Å². The Kier molecular flexibility index (Phi) is 7.65. The molecule has 3 aromatic rings. The largest absolute Gasteiger partial charge is 0.460 e. The number of benzene rings is 2. The number of hydrogen-bond acceptors (Lipinski definition) is 5. The van der Waals surface area contributed by atoms with E-state index in [4.69, 9.17) is 0 Å². The summed E-state index contributed by atoms with van der Waals surface area (Å²) in [6, 6.07) is 16.9. The van der Waals surface area contributed by atoms with Crippen LogP contribution in [0.15, 0.2) is 60.7 Å². The minimum absolute atomic E-state index is 0.0506. The van der Waals surface area contributed by atoms with Gasteiger partial charge in [0.2, 0.25) is 11.9 Å². The second-order valence-corrected chi connectivity index (χ2v) is 7.59.